The van der Waals surface area contributed by atoms with Crippen LogP contribution < -0.4 is 5.32 Å². The Hall–Kier alpha value is -1.81. The summed E-state index contributed by atoms with van der Waals surface area (Å²) in [5.41, 5.74) is 3.80. The predicted molar refractivity (Wildman–Crippen MR) is 82.9 cm³/mol. The van der Waals surface area contributed by atoms with Crippen LogP contribution in [-0.4, -0.2) is 35.4 Å². The fourth-order valence-corrected chi connectivity index (χ4v) is 3.73. The van der Waals surface area contributed by atoms with Gasteiger partial charge < -0.3 is 15.2 Å². The van der Waals surface area contributed by atoms with E-state index in [0.29, 0.717) is 11.8 Å². The van der Waals surface area contributed by atoms with Crippen LogP contribution in [0.1, 0.15) is 18.2 Å². The average molecular weight is 283 g/mol. The van der Waals surface area contributed by atoms with Gasteiger partial charge in [0.2, 0.25) is 5.91 Å². The van der Waals surface area contributed by atoms with Crippen molar-refractivity contribution < 1.29 is 4.79 Å². The number of carbonyl (C=O) groups is 1. The number of aromatic nitrogens is 1. The second-order valence-electron chi connectivity index (χ2n) is 6.38. The van der Waals surface area contributed by atoms with Gasteiger partial charge in [0, 0.05) is 48.2 Å². The minimum absolute atomic E-state index is 0.150. The van der Waals surface area contributed by atoms with E-state index in [0.717, 1.165) is 32.6 Å². The maximum Gasteiger partial charge on any atom is 0.227 e. The first-order valence-electron chi connectivity index (χ1n) is 7.82. The highest BCUT2D eigenvalue weighted by molar-refractivity contribution is 5.86. The van der Waals surface area contributed by atoms with Gasteiger partial charge in [0.15, 0.2) is 0 Å². The second-order valence-corrected chi connectivity index (χ2v) is 6.38. The van der Waals surface area contributed by atoms with Gasteiger partial charge in [0.1, 0.15) is 0 Å². The lowest BCUT2D eigenvalue weighted by Gasteiger charge is -2.30. The van der Waals surface area contributed by atoms with Crippen molar-refractivity contribution >= 4 is 16.8 Å². The van der Waals surface area contributed by atoms with Crippen molar-refractivity contribution in [1.29, 1.82) is 0 Å². The van der Waals surface area contributed by atoms with E-state index in [4.69, 9.17) is 0 Å². The van der Waals surface area contributed by atoms with Crippen LogP contribution >= 0.6 is 0 Å². The van der Waals surface area contributed by atoms with Gasteiger partial charge in [-0.05, 0) is 18.5 Å². The number of hydrogen-bond donors (Lipinski definition) is 2. The van der Waals surface area contributed by atoms with Gasteiger partial charge in [-0.3, -0.25) is 4.79 Å². The van der Waals surface area contributed by atoms with Crippen LogP contribution in [0.4, 0.5) is 0 Å². The summed E-state index contributed by atoms with van der Waals surface area (Å²) in [5, 5.41) is 4.60. The molecule has 4 rings (SSSR count). The van der Waals surface area contributed by atoms with Crippen molar-refractivity contribution in [3.63, 3.8) is 0 Å². The summed E-state index contributed by atoms with van der Waals surface area (Å²) in [6, 6.07) is 8.39. The van der Waals surface area contributed by atoms with Crippen molar-refractivity contribution in [1.82, 2.24) is 15.2 Å². The SMILES string of the molecule is CC1CNCC1C(=O)N1CCc2[nH]c3ccccc3c2C1. The molecule has 2 N–H and O–H groups in total. The third-order valence-corrected chi connectivity index (χ3v) is 5.03. The highest BCUT2D eigenvalue weighted by Crippen LogP contribution is 2.29. The van der Waals surface area contributed by atoms with Gasteiger partial charge in [-0.1, -0.05) is 25.1 Å². The summed E-state index contributed by atoms with van der Waals surface area (Å²) in [4.78, 5) is 18.3. The molecule has 1 fully saturated rings. The minimum Gasteiger partial charge on any atom is -0.358 e. The van der Waals surface area contributed by atoms with Crippen LogP contribution in [-0.2, 0) is 17.8 Å². The zero-order valence-corrected chi connectivity index (χ0v) is 12.4. The molecule has 2 unspecified atom stereocenters. The number of rotatable bonds is 1. The van der Waals surface area contributed by atoms with E-state index in [1.54, 1.807) is 0 Å². The molecule has 4 nitrogen and oxygen atoms in total. The molecular formula is C17H21N3O. The summed E-state index contributed by atoms with van der Waals surface area (Å²) < 4.78 is 0. The largest absolute Gasteiger partial charge is 0.358 e. The van der Waals surface area contributed by atoms with E-state index >= 15 is 0 Å². The van der Waals surface area contributed by atoms with Gasteiger partial charge in [-0.25, -0.2) is 0 Å². The van der Waals surface area contributed by atoms with E-state index in [2.05, 4.69) is 46.4 Å². The highest BCUT2D eigenvalue weighted by Gasteiger charge is 2.34. The summed E-state index contributed by atoms with van der Waals surface area (Å²) >= 11 is 0. The number of hydrogen-bond acceptors (Lipinski definition) is 2. The number of para-hydroxylation sites is 1. The molecule has 0 spiro atoms. The Balaban J connectivity index is 1.62. The van der Waals surface area contributed by atoms with Gasteiger partial charge in [-0.15, -0.1) is 0 Å². The van der Waals surface area contributed by atoms with Crippen molar-refractivity contribution in [3.05, 3.63) is 35.5 Å². The Labute approximate surface area is 124 Å². The number of H-pyrrole nitrogens is 1. The van der Waals surface area contributed by atoms with Gasteiger partial charge in [0.25, 0.3) is 0 Å². The van der Waals surface area contributed by atoms with E-state index < -0.39 is 0 Å². The Morgan fingerprint density at radius 2 is 2.14 bits per heavy atom. The lowest BCUT2D eigenvalue weighted by Crippen LogP contribution is -2.41. The highest BCUT2D eigenvalue weighted by atomic mass is 16.2. The van der Waals surface area contributed by atoms with Gasteiger partial charge in [-0.2, -0.15) is 0 Å². The van der Waals surface area contributed by atoms with E-state index in [1.807, 2.05) is 0 Å². The third-order valence-electron chi connectivity index (χ3n) is 5.03. The first kappa shape index (κ1) is 12.9. The predicted octanol–water partition coefficient (Wildman–Crippen LogP) is 1.91. The molecule has 1 amide bonds. The molecule has 21 heavy (non-hydrogen) atoms. The Morgan fingerprint density at radius 1 is 1.29 bits per heavy atom. The molecule has 0 aliphatic carbocycles. The molecule has 2 aliphatic heterocycles. The number of amides is 1. The number of nitrogens with one attached hydrogen (secondary N) is 2. The van der Waals surface area contributed by atoms with E-state index in [1.165, 1.54) is 22.2 Å². The zero-order chi connectivity index (χ0) is 14.4. The molecule has 0 bridgehead atoms. The van der Waals surface area contributed by atoms with Crippen molar-refractivity contribution in [2.24, 2.45) is 11.8 Å². The molecule has 1 saturated heterocycles. The standard InChI is InChI=1S/C17H21N3O/c1-11-8-18-9-13(11)17(21)20-7-6-16-14(10-20)12-4-2-3-5-15(12)19-16/h2-5,11,13,18-19H,6-10H2,1H3. The van der Waals surface area contributed by atoms with Crippen LogP contribution in [0, 0.1) is 11.8 Å². The Bertz CT molecular complexity index is 690. The molecule has 2 aliphatic rings. The fraction of sp³-hybridized carbons (Fsp3) is 0.471. The quantitative estimate of drug-likeness (QED) is 0.840. The van der Waals surface area contributed by atoms with Gasteiger partial charge in [0.05, 0.1) is 5.92 Å². The smallest absolute Gasteiger partial charge is 0.227 e. The Kier molecular flexibility index (Phi) is 3.00. The first-order chi connectivity index (χ1) is 10.2. The fourth-order valence-electron chi connectivity index (χ4n) is 3.73. The molecule has 3 heterocycles. The zero-order valence-electron chi connectivity index (χ0n) is 12.4. The summed E-state index contributed by atoms with van der Waals surface area (Å²) in [5.74, 6) is 0.919. The van der Waals surface area contributed by atoms with Gasteiger partial charge >= 0.3 is 0 Å². The average Bonchev–Trinajstić information content (AvgIpc) is 3.09. The normalized spacial score (nSPS) is 25.3. The molecule has 0 radical (unpaired) electrons. The molecule has 2 aromatic rings. The molecule has 4 heteroatoms. The van der Waals surface area contributed by atoms with Crippen LogP contribution in [0.5, 0.6) is 0 Å². The number of nitrogens with zero attached hydrogens (tertiary/aromatic N) is 1. The summed E-state index contributed by atoms with van der Waals surface area (Å²) in [6.45, 7) is 5.55. The van der Waals surface area contributed by atoms with Crippen molar-refractivity contribution in [2.75, 3.05) is 19.6 Å². The molecular weight excluding hydrogens is 262 g/mol. The van der Waals surface area contributed by atoms with Crippen LogP contribution in [0.2, 0.25) is 0 Å². The topological polar surface area (TPSA) is 48.1 Å². The van der Waals surface area contributed by atoms with E-state index in [-0.39, 0.29) is 5.92 Å². The number of benzene rings is 1. The maximum atomic E-state index is 12.8. The second kappa shape index (κ2) is 4.88. The lowest BCUT2D eigenvalue weighted by molar-refractivity contribution is -0.136. The van der Waals surface area contributed by atoms with Crippen molar-refractivity contribution in [2.45, 2.75) is 19.9 Å². The molecule has 0 saturated carbocycles. The molecule has 110 valence electrons. The van der Waals surface area contributed by atoms with Crippen molar-refractivity contribution in [3.8, 4) is 0 Å². The third kappa shape index (κ3) is 2.05. The summed E-state index contributed by atoms with van der Waals surface area (Å²) in [7, 11) is 0. The van der Waals surface area contributed by atoms with E-state index in [9.17, 15) is 4.79 Å². The number of carbonyl (C=O) groups excluding carboxylic acids is 1. The van der Waals surface area contributed by atoms with Crippen LogP contribution in [0.3, 0.4) is 0 Å². The van der Waals surface area contributed by atoms with Crippen LogP contribution in [0.15, 0.2) is 24.3 Å². The summed E-state index contributed by atoms with van der Waals surface area (Å²) in [6.07, 6.45) is 0.935. The Morgan fingerprint density at radius 3 is 2.95 bits per heavy atom. The first-order valence-corrected chi connectivity index (χ1v) is 7.82. The maximum absolute atomic E-state index is 12.8. The molecule has 1 aromatic heterocycles. The monoisotopic (exact) mass is 283 g/mol. The molecule has 2 atom stereocenters. The van der Waals surface area contributed by atoms with Crippen LogP contribution in [0.25, 0.3) is 10.9 Å². The number of aromatic amines is 1. The minimum atomic E-state index is 0.150. The lowest BCUT2D eigenvalue weighted by atomic mass is 9.95. The number of fused-ring (bicyclic) bond motifs is 3. The molecule has 1 aromatic carbocycles.